The van der Waals surface area contributed by atoms with E-state index in [0.717, 1.165) is 31.4 Å². The summed E-state index contributed by atoms with van der Waals surface area (Å²) in [6.07, 6.45) is 4.28. The highest BCUT2D eigenvalue weighted by Gasteiger charge is 2.21. The van der Waals surface area contributed by atoms with Crippen molar-refractivity contribution in [2.75, 3.05) is 20.2 Å². The smallest absolute Gasteiger partial charge is 0.257 e. The first-order chi connectivity index (χ1) is 9.76. The van der Waals surface area contributed by atoms with Crippen LogP contribution in [0.15, 0.2) is 18.2 Å². The molecule has 0 radical (unpaired) electrons. The highest BCUT2D eigenvalue weighted by Crippen LogP contribution is 2.34. The van der Waals surface area contributed by atoms with Crippen LogP contribution in [-0.2, 0) is 11.2 Å². The molecule has 0 saturated carbocycles. The average Bonchev–Trinajstić information content (AvgIpc) is 2.50. The van der Waals surface area contributed by atoms with Crippen molar-refractivity contribution in [3.8, 4) is 5.75 Å². The molecule has 4 nitrogen and oxygen atoms in total. The van der Waals surface area contributed by atoms with Crippen molar-refractivity contribution in [2.24, 2.45) is 0 Å². The molecule has 0 fully saturated rings. The van der Waals surface area contributed by atoms with Gasteiger partial charge in [0.1, 0.15) is 5.75 Å². The Labute approximate surface area is 120 Å². The topological polar surface area (TPSA) is 50.4 Å². The van der Waals surface area contributed by atoms with Crippen LogP contribution in [-0.4, -0.2) is 26.1 Å². The average molecular weight is 276 g/mol. The third-order valence-electron chi connectivity index (χ3n) is 3.74. The lowest BCUT2D eigenvalue weighted by Gasteiger charge is -2.26. The Balaban J connectivity index is 2.04. The second kappa shape index (κ2) is 7.29. The molecular weight excluding hydrogens is 252 g/mol. The number of hydrogen-bond acceptors (Lipinski definition) is 3. The van der Waals surface area contributed by atoms with Crippen LogP contribution in [0.5, 0.6) is 5.75 Å². The number of hydrogen-bond donors (Lipinski definition) is 2. The van der Waals surface area contributed by atoms with Crippen LogP contribution < -0.4 is 15.4 Å². The van der Waals surface area contributed by atoms with E-state index in [-0.39, 0.29) is 12.5 Å². The van der Waals surface area contributed by atoms with Gasteiger partial charge in [0, 0.05) is 12.6 Å². The number of fused-ring (bicyclic) bond motifs is 1. The molecule has 1 unspecified atom stereocenters. The number of carbonyl (C=O) groups is 1. The van der Waals surface area contributed by atoms with Crippen LogP contribution in [0.3, 0.4) is 0 Å². The molecule has 1 aromatic rings. The Morgan fingerprint density at radius 3 is 3.05 bits per heavy atom. The predicted octanol–water partition coefficient (Wildman–Crippen LogP) is 2.19. The molecule has 2 rings (SSSR count). The normalized spacial score (nSPS) is 17.4. The molecule has 1 atom stereocenters. The van der Waals surface area contributed by atoms with Gasteiger partial charge in [-0.1, -0.05) is 19.1 Å². The van der Waals surface area contributed by atoms with Crippen LogP contribution in [0.1, 0.15) is 43.4 Å². The Morgan fingerprint density at radius 2 is 2.30 bits per heavy atom. The van der Waals surface area contributed by atoms with Gasteiger partial charge in [-0.3, -0.25) is 4.79 Å². The van der Waals surface area contributed by atoms with Crippen molar-refractivity contribution in [2.45, 2.75) is 38.6 Å². The van der Waals surface area contributed by atoms with E-state index in [1.807, 2.05) is 26.1 Å². The van der Waals surface area contributed by atoms with Gasteiger partial charge >= 0.3 is 0 Å². The van der Waals surface area contributed by atoms with Gasteiger partial charge in [-0.25, -0.2) is 0 Å². The molecule has 4 heteroatoms. The van der Waals surface area contributed by atoms with Crippen molar-refractivity contribution >= 4 is 5.91 Å². The third-order valence-corrected chi connectivity index (χ3v) is 3.74. The summed E-state index contributed by atoms with van der Waals surface area (Å²) in [5.74, 6) is 0.805. The molecular formula is C16H24N2O2. The summed E-state index contributed by atoms with van der Waals surface area (Å²) < 4.78 is 5.72. The highest BCUT2D eigenvalue weighted by molar-refractivity contribution is 5.77. The summed E-state index contributed by atoms with van der Waals surface area (Å²) in [6, 6.07) is 6.52. The Morgan fingerprint density at radius 1 is 1.45 bits per heavy atom. The summed E-state index contributed by atoms with van der Waals surface area (Å²) in [6.45, 7) is 2.84. The van der Waals surface area contributed by atoms with Crippen LogP contribution in [0.25, 0.3) is 0 Å². The minimum absolute atomic E-state index is 0.0505. The van der Waals surface area contributed by atoms with Crippen molar-refractivity contribution in [3.63, 3.8) is 0 Å². The molecule has 0 saturated heterocycles. The number of carbonyl (C=O) groups excluding carboxylic acids is 1. The fourth-order valence-electron chi connectivity index (χ4n) is 2.71. The molecule has 110 valence electrons. The fourth-order valence-corrected chi connectivity index (χ4v) is 2.71. The van der Waals surface area contributed by atoms with Gasteiger partial charge in [-0.2, -0.15) is 0 Å². The van der Waals surface area contributed by atoms with E-state index in [1.165, 1.54) is 11.1 Å². The lowest BCUT2D eigenvalue weighted by molar-refractivity contribution is -0.123. The fraction of sp³-hybridized carbons (Fsp3) is 0.562. The third kappa shape index (κ3) is 3.51. The van der Waals surface area contributed by atoms with Crippen molar-refractivity contribution in [3.05, 3.63) is 29.3 Å². The zero-order valence-electron chi connectivity index (χ0n) is 12.4. The van der Waals surface area contributed by atoms with E-state index >= 15 is 0 Å². The van der Waals surface area contributed by atoms with Crippen LogP contribution in [0, 0.1) is 0 Å². The molecule has 0 aromatic heterocycles. The number of nitrogens with one attached hydrogen (secondary N) is 2. The molecule has 1 amide bonds. The lowest BCUT2D eigenvalue weighted by atomic mass is 9.87. The second-order valence-corrected chi connectivity index (χ2v) is 5.20. The van der Waals surface area contributed by atoms with E-state index < -0.39 is 0 Å². The van der Waals surface area contributed by atoms with E-state index in [2.05, 4.69) is 16.7 Å². The summed E-state index contributed by atoms with van der Waals surface area (Å²) in [5.41, 5.74) is 2.56. The molecule has 1 aromatic carbocycles. The van der Waals surface area contributed by atoms with Crippen LogP contribution in [0.4, 0.5) is 0 Å². The first-order valence-electron chi connectivity index (χ1n) is 7.44. The summed E-state index contributed by atoms with van der Waals surface area (Å²) in [5, 5.41) is 6.17. The van der Waals surface area contributed by atoms with Gasteiger partial charge in [0.2, 0.25) is 0 Å². The predicted molar refractivity (Wildman–Crippen MR) is 80.0 cm³/mol. The van der Waals surface area contributed by atoms with E-state index in [9.17, 15) is 4.79 Å². The minimum atomic E-state index is -0.0505. The molecule has 20 heavy (non-hydrogen) atoms. The highest BCUT2D eigenvalue weighted by atomic mass is 16.5. The molecule has 1 aliphatic rings. The Bertz CT molecular complexity index is 460. The lowest BCUT2D eigenvalue weighted by Crippen LogP contribution is -2.29. The van der Waals surface area contributed by atoms with Crippen molar-refractivity contribution in [1.82, 2.24) is 10.6 Å². The summed E-state index contributed by atoms with van der Waals surface area (Å²) in [4.78, 5) is 11.6. The summed E-state index contributed by atoms with van der Waals surface area (Å²) in [7, 11) is 1.99. The molecule has 0 heterocycles. The minimum Gasteiger partial charge on any atom is -0.483 e. The molecule has 0 bridgehead atoms. The number of benzene rings is 1. The SMILES string of the molecule is CCCNC(=O)COc1cccc2c1CCCC2NC. The van der Waals surface area contributed by atoms with E-state index in [4.69, 9.17) is 4.74 Å². The summed E-state index contributed by atoms with van der Waals surface area (Å²) >= 11 is 0. The van der Waals surface area contributed by atoms with Gasteiger partial charge in [0.05, 0.1) is 0 Å². The first kappa shape index (κ1) is 14.9. The largest absolute Gasteiger partial charge is 0.483 e. The molecule has 1 aliphatic carbocycles. The van der Waals surface area contributed by atoms with Crippen LogP contribution >= 0.6 is 0 Å². The maximum atomic E-state index is 11.6. The second-order valence-electron chi connectivity index (χ2n) is 5.20. The first-order valence-corrected chi connectivity index (χ1v) is 7.44. The Hall–Kier alpha value is -1.55. The van der Waals surface area contributed by atoms with Gasteiger partial charge in [-0.05, 0) is 49.9 Å². The zero-order chi connectivity index (χ0) is 14.4. The molecule has 2 N–H and O–H groups in total. The monoisotopic (exact) mass is 276 g/mol. The maximum absolute atomic E-state index is 11.6. The van der Waals surface area contributed by atoms with Gasteiger partial charge in [0.25, 0.3) is 5.91 Å². The van der Waals surface area contributed by atoms with Crippen molar-refractivity contribution < 1.29 is 9.53 Å². The zero-order valence-corrected chi connectivity index (χ0v) is 12.4. The molecule has 0 spiro atoms. The van der Waals surface area contributed by atoms with Gasteiger partial charge in [0.15, 0.2) is 6.61 Å². The van der Waals surface area contributed by atoms with Gasteiger partial charge < -0.3 is 15.4 Å². The Kier molecular flexibility index (Phi) is 5.41. The van der Waals surface area contributed by atoms with Crippen molar-refractivity contribution in [1.29, 1.82) is 0 Å². The number of ether oxygens (including phenoxy) is 1. The standard InChI is InChI=1S/C16H24N2O2/c1-3-10-18-16(19)11-20-15-9-5-6-12-13(15)7-4-8-14(12)17-2/h5-6,9,14,17H,3-4,7-8,10-11H2,1-2H3,(H,18,19). The van der Waals surface area contributed by atoms with Crippen LogP contribution in [0.2, 0.25) is 0 Å². The maximum Gasteiger partial charge on any atom is 0.257 e. The number of rotatable bonds is 6. The van der Waals surface area contributed by atoms with Gasteiger partial charge in [-0.15, -0.1) is 0 Å². The van der Waals surface area contributed by atoms with E-state index in [0.29, 0.717) is 12.6 Å². The quantitative estimate of drug-likeness (QED) is 0.837. The molecule has 0 aliphatic heterocycles. The van der Waals surface area contributed by atoms with E-state index in [1.54, 1.807) is 0 Å². The number of amides is 1.